The summed E-state index contributed by atoms with van der Waals surface area (Å²) >= 11 is 0. The predicted molar refractivity (Wildman–Crippen MR) is 67.2 cm³/mol. The Labute approximate surface area is 99.8 Å². The lowest BCUT2D eigenvalue weighted by atomic mass is 10.0. The molecule has 1 saturated heterocycles. The molecule has 0 bridgehead atoms. The van der Waals surface area contributed by atoms with Crippen molar-refractivity contribution in [2.75, 3.05) is 19.6 Å². The highest BCUT2D eigenvalue weighted by Crippen LogP contribution is 2.12. The van der Waals surface area contributed by atoms with Crippen LogP contribution < -0.4 is 5.32 Å². The fourth-order valence-corrected chi connectivity index (χ4v) is 2.40. The normalized spacial score (nSPS) is 20.6. The van der Waals surface area contributed by atoms with Gasteiger partial charge in [0.15, 0.2) is 0 Å². The Bertz CT molecular complexity index is 214. The smallest absolute Gasteiger partial charge is 0.0638 e. The van der Waals surface area contributed by atoms with Gasteiger partial charge in [-0.3, -0.25) is 0 Å². The summed E-state index contributed by atoms with van der Waals surface area (Å²) < 4.78 is 0. The summed E-state index contributed by atoms with van der Waals surface area (Å²) in [5, 5.41) is 12.3. The number of likely N-dealkylation sites (tertiary alicyclic amines) is 1. The van der Waals surface area contributed by atoms with Gasteiger partial charge in [0.1, 0.15) is 0 Å². The molecule has 0 radical (unpaired) electrons. The third-order valence-electron chi connectivity index (χ3n) is 3.43. The fraction of sp³-hybridized carbons (Fsp3) is 0.923. The van der Waals surface area contributed by atoms with E-state index < -0.39 is 0 Å². The third kappa shape index (κ3) is 4.51. The standard InChI is InChI=1S/C13H25N3/c1-3-9-16-10-6-13(7-11-16)15-12(4-2)5-8-14/h12-13,15H,3-7,9-11H2,1-2H3. The Morgan fingerprint density at radius 2 is 2.06 bits per heavy atom. The van der Waals surface area contributed by atoms with E-state index in [1.807, 2.05) is 0 Å². The predicted octanol–water partition coefficient (Wildman–Crippen LogP) is 2.14. The molecule has 0 spiro atoms. The SMILES string of the molecule is CCCN1CCC(NC(CC)CC#N)CC1. The number of hydrogen-bond acceptors (Lipinski definition) is 3. The molecule has 1 rings (SSSR count). The molecule has 3 heteroatoms. The summed E-state index contributed by atoms with van der Waals surface area (Å²) in [5.41, 5.74) is 0. The molecule has 16 heavy (non-hydrogen) atoms. The first-order valence-corrected chi connectivity index (χ1v) is 6.65. The molecule has 0 aromatic rings. The molecule has 3 nitrogen and oxygen atoms in total. The van der Waals surface area contributed by atoms with E-state index in [4.69, 9.17) is 5.26 Å². The van der Waals surface area contributed by atoms with Crippen LogP contribution in [0.5, 0.6) is 0 Å². The van der Waals surface area contributed by atoms with Crippen LogP contribution in [0.4, 0.5) is 0 Å². The van der Waals surface area contributed by atoms with Crippen LogP contribution in [0.3, 0.4) is 0 Å². The monoisotopic (exact) mass is 223 g/mol. The van der Waals surface area contributed by atoms with Crippen LogP contribution in [0.15, 0.2) is 0 Å². The Balaban J connectivity index is 2.23. The summed E-state index contributed by atoms with van der Waals surface area (Å²) in [7, 11) is 0. The maximum absolute atomic E-state index is 8.71. The molecule has 0 amide bonds. The van der Waals surface area contributed by atoms with Crippen molar-refractivity contribution in [1.82, 2.24) is 10.2 Å². The second-order valence-electron chi connectivity index (χ2n) is 4.75. The van der Waals surface area contributed by atoms with Crippen molar-refractivity contribution in [3.63, 3.8) is 0 Å². The van der Waals surface area contributed by atoms with Gasteiger partial charge in [-0.2, -0.15) is 5.26 Å². The minimum absolute atomic E-state index is 0.396. The van der Waals surface area contributed by atoms with Crippen LogP contribution in [0.25, 0.3) is 0 Å². The average molecular weight is 223 g/mol. The third-order valence-corrected chi connectivity index (χ3v) is 3.43. The van der Waals surface area contributed by atoms with Crippen LogP contribution in [0, 0.1) is 11.3 Å². The van der Waals surface area contributed by atoms with Gasteiger partial charge >= 0.3 is 0 Å². The molecule has 1 N–H and O–H groups in total. The zero-order chi connectivity index (χ0) is 11.8. The lowest BCUT2D eigenvalue weighted by molar-refractivity contribution is 0.190. The fourth-order valence-electron chi connectivity index (χ4n) is 2.40. The zero-order valence-corrected chi connectivity index (χ0v) is 10.7. The first kappa shape index (κ1) is 13.5. The molecule has 0 aliphatic carbocycles. The summed E-state index contributed by atoms with van der Waals surface area (Å²) in [5.74, 6) is 0. The molecule has 1 fully saturated rings. The molecule has 1 unspecified atom stereocenters. The van der Waals surface area contributed by atoms with Gasteiger partial charge in [0.05, 0.1) is 12.5 Å². The highest BCUT2D eigenvalue weighted by Gasteiger charge is 2.20. The number of nitrogens with zero attached hydrogens (tertiary/aromatic N) is 2. The van der Waals surface area contributed by atoms with E-state index in [2.05, 4.69) is 30.1 Å². The van der Waals surface area contributed by atoms with Crippen molar-refractivity contribution in [3.05, 3.63) is 0 Å². The van der Waals surface area contributed by atoms with Crippen LogP contribution in [-0.4, -0.2) is 36.6 Å². The van der Waals surface area contributed by atoms with Crippen molar-refractivity contribution in [3.8, 4) is 6.07 Å². The summed E-state index contributed by atoms with van der Waals surface area (Å²) in [6, 6.07) is 3.29. The number of nitrogens with one attached hydrogen (secondary N) is 1. The van der Waals surface area contributed by atoms with Crippen molar-refractivity contribution >= 4 is 0 Å². The molecule has 0 aromatic heterocycles. The van der Waals surface area contributed by atoms with Gasteiger partial charge in [0.2, 0.25) is 0 Å². The molecule has 0 saturated carbocycles. The Kier molecular flexibility index (Phi) is 6.44. The number of rotatable bonds is 6. The molecule has 1 aliphatic heterocycles. The van der Waals surface area contributed by atoms with Gasteiger partial charge < -0.3 is 10.2 Å². The summed E-state index contributed by atoms with van der Waals surface area (Å²) in [6.07, 6.45) is 5.43. The van der Waals surface area contributed by atoms with Gasteiger partial charge in [-0.25, -0.2) is 0 Å². The molecular formula is C13H25N3. The van der Waals surface area contributed by atoms with E-state index in [1.54, 1.807) is 0 Å². The van der Waals surface area contributed by atoms with Crippen LogP contribution >= 0.6 is 0 Å². The molecular weight excluding hydrogens is 198 g/mol. The van der Waals surface area contributed by atoms with Gasteiger partial charge in [-0.05, 0) is 45.3 Å². The largest absolute Gasteiger partial charge is 0.310 e. The zero-order valence-electron chi connectivity index (χ0n) is 10.7. The van der Waals surface area contributed by atoms with Gasteiger partial charge in [-0.1, -0.05) is 13.8 Å². The number of piperidine rings is 1. The van der Waals surface area contributed by atoms with Gasteiger partial charge in [0, 0.05) is 12.1 Å². The maximum Gasteiger partial charge on any atom is 0.0638 e. The summed E-state index contributed by atoms with van der Waals surface area (Å²) in [4.78, 5) is 2.55. The second kappa shape index (κ2) is 7.65. The molecule has 1 aliphatic rings. The van der Waals surface area contributed by atoms with E-state index in [9.17, 15) is 0 Å². The van der Waals surface area contributed by atoms with Crippen molar-refractivity contribution in [1.29, 1.82) is 5.26 Å². The Hall–Kier alpha value is -0.590. The van der Waals surface area contributed by atoms with E-state index in [1.165, 1.54) is 38.9 Å². The topological polar surface area (TPSA) is 39.1 Å². The van der Waals surface area contributed by atoms with E-state index >= 15 is 0 Å². The summed E-state index contributed by atoms with van der Waals surface area (Å²) in [6.45, 7) is 8.07. The quantitative estimate of drug-likeness (QED) is 0.750. The van der Waals surface area contributed by atoms with Crippen molar-refractivity contribution < 1.29 is 0 Å². The average Bonchev–Trinajstić information content (AvgIpc) is 2.31. The van der Waals surface area contributed by atoms with E-state index in [0.29, 0.717) is 18.5 Å². The van der Waals surface area contributed by atoms with Crippen LogP contribution in [0.1, 0.15) is 46.0 Å². The van der Waals surface area contributed by atoms with Gasteiger partial charge in [0.25, 0.3) is 0 Å². The lowest BCUT2D eigenvalue weighted by Crippen LogP contribution is -2.46. The van der Waals surface area contributed by atoms with Crippen LogP contribution in [-0.2, 0) is 0 Å². The molecule has 0 aromatic carbocycles. The number of nitriles is 1. The maximum atomic E-state index is 8.71. The molecule has 1 atom stereocenters. The Morgan fingerprint density at radius 3 is 2.56 bits per heavy atom. The highest BCUT2D eigenvalue weighted by atomic mass is 15.1. The second-order valence-corrected chi connectivity index (χ2v) is 4.75. The van der Waals surface area contributed by atoms with Crippen molar-refractivity contribution in [2.24, 2.45) is 0 Å². The molecule has 1 heterocycles. The highest BCUT2D eigenvalue weighted by molar-refractivity contribution is 4.85. The lowest BCUT2D eigenvalue weighted by Gasteiger charge is -2.33. The minimum atomic E-state index is 0.396. The van der Waals surface area contributed by atoms with E-state index in [-0.39, 0.29) is 0 Å². The first-order valence-electron chi connectivity index (χ1n) is 6.65. The first-order chi connectivity index (χ1) is 7.80. The Morgan fingerprint density at radius 1 is 1.38 bits per heavy atom. The van der Waals surface area contributed by atoms with Crippen molar-refractivity contribution in [2.45, 2.75) is 58.0 Å². The minimum Gasteiger partial charge on any atom is -0.310 e. The number of hydrogen-bond donors (Lipinski definition) is 1. The van der Waals surface area contributed by atoms with Gasteiger partial charge in [-0.15, -0.1) is 0 Å². The van der Waals surface area contributed by atoms with E-state index in [0.717, 1.165) is 6.42 Å². The molecule has 92 valence electrons. The van der Waals surface area contributed by atoms with Crippen LogP contribution in [0.2, 0.25) is 0 Å².